The fourth-order valence-electron chi connectivity index (χ4n) is 3.40. The number of carbonyl (C=O) groups is 2. The minimum Gasteiger partial charge on any atom is -0.492 e. The molecule has 1 fully saturated rings. The molecule has 1 aliphatic carbocycles. The number of benzene rings is 2. The molecule has 1 saturated carbocycles. The third-order valence-corrected chi connectivity index (χ3v) is 5.62. The van der Waals surface area contributed by atoms with Gasteiger partial charge in [0.15, 0.2) is 0 Å². The third-order valence-electron chi connectivity index (χ3n) is 5.00. The highest BCUT2D eigenvalue weighted by atomic mass is 79.9. The van der Waals surface area contributed by atoms with Gasteiger partial charge in [-0.1, -0.05) is 26.2 Å². The van der Waals surface area contributed by atoms with Crippen molar-refractivity contribution >= 4 is 33.4 Å². The van der Waals surface area contributed by atoms with E-state index in [9.17, 15) is 9.59 Å². The van der Waals surface area contributed by atoms with Crippen LogP contribution in [0, 0.1) is 0 Å². The van der Waals surface area contributed by atoms with E-state index in [4.69, 9.17) is 4.74 Å². The summed E-state index contributed by atoms with van der Waals surface area (Å²) >= 11 is 3.45. The van der Waals surface area contributed by atoms with Gasteiger partial charge in [-0.3, -0.25) is 9.59 Å². The molecular weight excluding hydrogens is 432 g/mol. The molecule has 0 atom stereocenters. The first kappa shape index (κ1) is 21.4. The van der Waals surface area contributed by atoms with Crippen molar-refractivity contribution in [3.63, 3.8) is 0 Å². The summed E-state index contributed by atoms with van der Waals surface area (Å²) in [6.45, 7) is 2.67. The lowest BCUT2D eigenvalue weighted by atomic mass is 9.95. The average molecular weight is 459 g/mol. The molecule has 2 N–H and O–H groups in total. The van der Waals surface area contributed by atoms with E-state index in [1.54, 1.807) is 42.5 Å². The number of ether oxygens (including phenoxy) is 1. The Hall–Kier alpha value is -2.34. The minimum atomic E-state index is -0.216. The summed E-state index contributed by atoms with van der Waals surface area (Å²) < 4.78 is 6.36. The molecule has 6 heteroatoms. The Bertz CT molecular complexity index is 846. The SMILES string of the molecule is CCCOc1ccc(C(=O)Nc2ccc(C(=O)NC3CCCCC3)cc2)cc1Br. The average Bonchev–Trinajstić information content (AvgIpc) is 2.74. The van der Waals surface area contributed by atoms with Gasteiger partial charge in [-0.25, -0.2) is 0 Å². The summed E-state index contributed by atoms with van der Waals surface area (Å²) in [7, 11) is 0. The fraction of sp³-hybridized carbons (Fsp3) is 0.391. The predicted octanol–water partition coefficient (Wildman–Crippen LogP) is 5.55. The number of amides is 2. The highest BCUT2D eigenvalue weighted by Crippen LogP contribution is 2.26. The van der Waals surface area contributed by atoms with E-state index < -0.39 is 0 Å². The predicted molar refractivity (Wildman–Crippen MR) is 119 cm³/mol. The second-order valence-electron chi connectivity index (χ2n) is 7.33. The Morgan fingerprint density at radius 3 is 2.34 bits per heavy atom. The van der Waals surface area contributed by atoms with E-state index in [1.165, 1.54) is 19.3 Å². The van der Waals surface area contributed by atoms with Crippen molar-refractivity contribution in [1.29, 1.82) is 0 Å². The van der Waals surface area contributed by atoms with Crippen LogP contribution in [0.15, 0.2) is 46.9 Å². The molecule has 1 aliphatic rings. The Balaban J connectivity index is 1.58. The summed E-state index contributed by atoms with van der Waals surface area (Å²) in [6, 6.07) is 12.5. The van der Waals surface area contributed by atoms with Gasteiger partial charge >= 0.3 is 0 Å². The Morgan fingerprint density at radius 2 is 1.69 bits per heavy atom. The number of nitrogens with one attached hydrogen (secondary N) is 2. The molecule has 5 nitrogen and oxygen atoms in total. The smallest absolute Gasteiger partial charge is 0.255 e. The van der Waals surface area contributed by atoms with Crippen LogP contribution in [0.2, 0.25) is 0 Å². The van der Waals surface area contributed by atoms with Gasteiger partial charge < -0.3 is 15.4 Å². The van der Waals surface area contributed by atoms with E-state index in [0.717, 1.165) is 29.5 Å². The van der Waals surface area contributed by atoms with E-state index >= 15 is 0 Å². The number of rotatable bonds is 7. The van der Waals surface area contributed by atoms with E-state index in [0.29, 0.717) is 23.4 Å². The molecule has 2 amide bonds. The zero-order valence-electron chi connectivity index (χ0n) is 16.7. The fourth-order valence-corrected chi connectivity index (χ4v) is 3.89. The molecule has 0 bridgehead atoms. The summed E-state index contributed by atoms with van der Waals surface area (Å²) in [6.07, 6.45) is 6.64. The second-order valence-corrected chi connectivity index (χ2v) is 8.19. The lowest BCUT2D eigenvalue weighted by molar-refractivity contribution is 0.0927. The molecule has 2 aromatic rings. The van der Waals surface area contributed by atoms with E-state index in [-0.39, 0.29) is 17.9 Å². The molecule has 2 aromatic carbocycles. The molecule has 29 heavy (non-hydrogen) atoms. The van der Waals surface area contributed by atoms with Crippen LogP contribution in [0.5, 0.6) is 5.75 Å². The van der Waals surface area contributed by atoms with Crippen molar-refractivity contribution in [3.8, 4) is 5.75 Å². The molecule has 0 spiro atoms. The van der Waals surface area contributed by atoms with E-state index in [1.807, 2.05) is 6.92 Å². The zero-order valence-corrected chi connectivity index (χ0v) is 18.3. The first-order valence-electron chi connectivity index (χ1n) is 10.2. The molecule has 3 rings (SSSR count). The second kappa shape index (κ2) is 10.4. The maximum Gasteiger partial charge on any atom is 0.255 e. The lowest BCUT2D eigenvalue weighted by Gasteiger charge is -2.22. The Kier molecular flexibility index (Phi) is 7.69. The van der Waals surface area contributed by atoms with Crippen molar-refractivity contribution in [3.05, 3.63) is 58.1 Å². The van der Waals surface area contributed by atoms with Gasteiger partial charge in [-0.15, -0.1) is 0 Å². The molecule has 154 valence electrons. The van der Waals surface area contributed by atoms with Gasteiger partial charge in [-0.05, 0) is 77.7 Å². The summed E-state index contributed by atoms with van der Waals surface area (Å²) in [5.41, 5.74) is 1.78. The van der Waals surface area contributed by atoms with Gasteiger partial charge in [0.05, 0.1) is 11.1 Å². The lowest BCUT2D eigenvalue weighted by Crippen LogP contribution is -2.36. The van der Waals surface area contributed by atoms with Gasteiger partial charge in [0, 0.05) is 22.9 Å². The van der Waals surface area contributed by atoms with Crippen molar-refractivity contribution in [2.75, 3.05) is 11.9 Å². The number of hydrogen-bond acceptors (Lipinski definition) is 3. The Labute approximate surface area is 180 Å². The highest BCUT2D eigenvalue weighted by Gasteiger charge is 2.17. The highest BCUT2D eigenvalue weighted by molar-refractivity contribution is 9.10. The van der Waals surface area contributed by atoms with Crippen molar-refractivity contribution < 1.29 is 14.3 Å². The molecule has 0 saturated heterocycles. The van der Waals surface area contributed by atoms with Gasteiger partial charge in [0.1, 0.15) is 5.75 Å². The maximum absolute atomic E-state index is 12.5. The van der Waals surface area contributed by atoms with Crippen molar-refractivity contribution in [2.24, 2.45) is 0 Å². The third kappa shape index (κ3) is 6.07. The Morgan fingerprint density at radius 1 is 1.00 bits per heavy atom. The van der Waals surface area contributed by atoms with Crippen LogP contribution >= 0.6 is 15.9 Å². The van der Waals surface area contributed by atoms with Crippen LogP contribution < -0.4 is 15.4 Å². The van der Waals surface area contributed by atoms with Gasteiger partial charge in [0.2, 0.25) is 0 Å². The zero-order chi connectivity index (χ0) is 20.6. The summed E-state index contributed by atoms with van der Waals surface area (Å²) in [5.74, 6) is 0.449. The number of halogens is 1. The quantitative estimate of drug-likeness (QED) is 0.570. The largest absolute Gasteiger partial charge is 0.492 e. The topological polar surface area (TPSA) is 67.4 Å². The maximum atomic E-state index is 12.5. The van der Waals surface area contributed by atoms with Crippen LogP contribution in [-0.2, 0) is 0 Å². The molecular formula is C23H27BrN2O3. The van der Waals surface area contributed by atoms with Crippen LogP contribution in [0.4, 0.5) is 5.69 Å². The minimum absolute atomic E-state index is 0.0543. The number of anilines is 1. The van der Waals surface area contributed by atoms with Crippen LogP contribution in [0.1, 0.15) is 66.2 Å². The molecule has 0 aromatic heterocycles. The normalized spacial score (nSPS) is 14.3. The van der Waals surface area contributed by atoms with Gasteiger partial charge in [-0.2, -0.15) is 0 Å². The van der Waals surface area contributed by atoms with Crippen molar-refractivity contribution in [2.45, 2.75) is 51.5 Å². The molecule has 0 aliphatic heterocycles. The van der Waals surface area contributed by atoms with Crippen LogP contribution in [-0.4, -0.2) is 24.5 Å². The first-order valence-corrected chi connectivity index (χ1v) is 11.0. The monoisotopic (exact) mass is 458 g/mol. The van der Waals surface area contributed by atoms with Crippen LogP contribution in [0.25, 0.3) is 0 Å². The number of hydrogen-bond donors (Lipinski definition) is 2. The summed E-state index contributed by atoms with van der Waals surface area (Å²) in [4.78, 5) is 24.9. The van der Waals surface area contributed by atoms with E-state index in [2.05, 4.69) is 26.6 Å². The summed E-state index contributed by atoms with van der Waals surface area (Å²) in [5, 5.41) is 5.97. The standard InChI is InChI=1S/C23H27BrN2O3/c1-2-14-29-21-13-10-17(15-20(21)24)23(28)26-19-11-8-16(9-12-19)22(27)25-18-6-4-3-5-7-18/h8-13,15,18H,2-7,14H2,1H3,(H,25,27)(H,26,28). The van der Waals surface area contributed by atoms with Gasteiger partial charge in [0.25, 0.3) is 11.8 Å². The number of carbonyl (C=O) groups excluding carboxylic acids is 2. The van der Waals surface area contributed by atoms with Crippen molar-refractivity contribution in [1.82, 2.24) is 5.32 Å². The first-order chi connectivity index (χ1) is 14.1. The molecule has 0 unspecified atom stereocenters. The molecule has 0 heterocycles. The van der Waals surface area contributed by atoms with Crippen LogP contribution in [0.3, 0.4) is 0 Å². The molecule has 0 radical (unpaired) electrons.